The number of aromatic nitrogens is 1. The smallest absolute Gasteiger partial charge is 0.224 e. The first-order valence-corrected chi connectivity index (χ1v) is 9.52. The number of thiazole rings is 1. The first kappa shape index (κ1) is 17.4. The number of carbonyl (C=O) groups is 1. The molecular weight excluding hydrogens is 328 g/mol. The molecule has 3 rings (SSSR count). The minimum atomic E-state index is 0.0651. The predicted octanol–water partition coefficient (Wildman–Crippen LogP) is 5.78. The van der Waals surface area contributed by atoms with Crippen molar-refractivity contribution in [1.82, 2.24) is 4.98 Å². The van der Waals surface area contributed by atoms with Gasteiger partial charge in [-0.15, -0.1) is 11.3 Å². The summed E-state index contributed by atoms with van der Waals surface area (Å²) in [6.45, 7) is 4.17. The van der Waals surface area contributed by atoms with E-state index in [9.17, 15) is 4.79 Å². The normalized spacial score (nSPS) is 10.6. The number of hydrogen-bond acceptors (Lipinski definition) is 3. The standard InChI is InChI=1S/C21H22N2OS/c1-3-5-20(24)23-18-10-8-16(9-11-18)19-14-17(7-6-15(19)4-2)21-22-12-13-25-21/h6-14H,3-5H2,1-2H3,(H,23,24). The molecule has 3 aromatic rings. The molecule has 1 amide bonds. The zero-order chi connectivity index (χ0) is 17.6. The van der Waals surface area contributed by atoms with Gasteiger partial charge in [0.1, 0.15) is 5.01 Å². The van der Waals surface area contributed by atoms with Gasteiger partial charge in [0.2, 0.25) is 5.91 Å². The van der Waals surface area contributed by atoms with Gasteiger partial charge in [-0.25, -0.2) is 4.98 Å². The number of anilines is 1. The molecule has 0 aliphatic carbocycles. The number of nitrogens with zero attached hydrogens (tertiary/aromatic N) is 1. The molecule has 0 unspecified atom stereocenters. The number of hydrogen-bond donors (Lipinski definition) is 1. The summed E-state index contributed by atoms with van der Waals surface area (Å²) in [7, 11) is 0. The number of nitrogens with one attached hydrogen (secondary N) is 1. The van der Waals surface area contributed by atoms with E-state index in [1.807, 2.05) is 30.6 Å². The zero-order valence-corrected chi connectivity index (χ0v) is 15.4. The third kappa shape index (κ3) is 4.15. The number of amides is 1. The molecule has 0 bridgehead atoms. The maximum Gasteiger partial charge on any atom is 0.224 e. The van der Waals surface area contributed by atoms with Crippen LogP contribution in [0.15, 0.2) is 54.0 Å². The molecule has 1 heterocycles. The summed E-state index contributed by atoms with van der Waals surface area (Å²) >= 11 is 1.65. The Morgan fingerprint density at radius 1 is 1.08 bits per heavy atom. The lowest BCUT2D eigenvalue weighted by atomic mass is 9.96. The fraction of sp³-hybridized carbons (Fsp3) is 0.238. The Bertz CT molecular complexity index is 839. The van der Waals surface area contributed by atoms with E-state index in [1.165, 1.54) is 11.1 Å². The van der Waals surface area contributed by atoms with Crippen LogP contribution in [0.3, 0.4) is 0 Å². The van der Waals surface area contributed by atoms with Crippen molar-refractivity contribution in [3.05, 3.63) is 59.6 Å². The Morgan fingerprint density at radius 2 is 1.84 bits per heavy atom. The van der Waals surface area contributed by atoms with Crippen LogP contribution in [0.5, 0.6) is 0 Å². The number of rotatable bonds is 6. The summed E-state index contributed by atoms with van der Waals surface area (Å²) in [5.41, 5.74) is 5.67. The van der Waals surface area contributed by atoms with Crippen molar-refractivity contribution in [3.63, 3.8) is 0 Å². The average Bonchev–Trinajstić information content (AvgIpc) is 3.17. The van der Waals surface area contributed by atoms with Gasteiger partial charge in [0.15, 0.2) is 0 Å². The van der Waals surface area contributed by atoms with E-state index in [2.05, 4.69) is 47.6 Å². The van der Waals surface area contributed by atoms with Crippen molar-refractivity contribution >= 4 is 22.9 Å². The Morgan fingerprint density at radius 3 is 2.48 bits per heavy atom. The van der Waals surface area contributed by atoms with Gasteiger partial charge in [0.05, 0.1) is 0 Å². The van der Waals surface area contributed by atoms with Crippen LogP contribution < -0.4 is 5.32 Å². The van der Waals surface area contributed by atoms with Crippen LogP contribution in [0, 0.1) is 0 Å². The zero-order valence-electron chi connectivity index (χ0n) is 14.6. The fourth-order valence-electron chi connectivity index (χ4n) is 2.84. The van der Waals surface area contributed by atoms with Crippen LogP contribution in [0.25, 0.3) is 21.7 Å². The predicted molar refractivity (Wildman–Crippen MR) is 106 cm³/mol. The summed E-state index contributed by atoms with van der Waals surface area (Å²) in [5, 5.41) is 5.97. The molecular formula is C21H22N2OS. The van der Waals surface area contributed by atoms with Crippen LogP contribution >= 0.6 is 11.3 Å². The lowest BCUT2D eigenvalue weighted by Gasteiger charge is -2.11. The molecule has 128 valence electrons. The highest BCUT2D eigenvalue weighted by Gasteiger charge is 2.09. The summed E-state index contributed by atoms with van der Waals surface area (Å²) in [4.78, 5) is 16.1. The van der Waals surface area contributed by atoms with Gasteiger partial charge in [-0.1, -0.05) is 38.1 Å². The molecule has 0 saturated carbocycles. The monoisotopic (exact) mass is 350 g/mol. The average molecular weight is 350 g/mol. The van der Waals surface area contributed by atoms with Crippen LogP contribution in [0.4, 0.5) is 5.69 Å². The van der Waals surface area contributed by atoms with Crippen molar-refractivity contribution in [2.75, 3.05) is 5.32 Å². The molecule has 1 N–H and O–H groups in total. The molecule has 1 aromatic heterocycles. The highest BCUT2D eigenvalue weighted by molar-refractivity contribution is 7.13. The Hall–Kier alpha value is -2.46. The van der Waals surface area contributed by atoms with Crippen LogP contribution in [-0.4, -0.2) is 10.9 Å². The van der Waals surface area contributed by atoms with Gasteiger partial charge in [-0.05, 0) is 47.7 Å². The van der Waals surface area contributed by atoms with Gasteiger partial charge in [-0.3, -0.25) is 4.79 Å². The van der Waals surface area contributed by atoms with E-state index in [0.717, 1.165) is 34.7 Å². The van der Waals surface area contributed by atoms with Crippen molar-refractivity contribution in [2.24, 2.45) is 0 Å². The number of carbonyl (C=O) groups excluding carboxylic acids is 1. The first-order valence-electron chi connectivity index (χ1n) is 8.64. The van der Waals surface area contributed by atoms with Crippen molar-refractivity contribution < 1.29 is 4.79 Å². The highest BCUT2D eigenvalue weighted by Crippen LogP contribution is 2.31. The van der Waals surface area contributed by atoms with E-state index in [0.29, 0.717) is 6.42 Å². The van der Waals surface area contributed by atoms with Gasteiger partial charge >= 0.3 is 0 Å². The van der Waals surface area contributed by atoms with Crippen molar-refractivity contribution in [1.29, 1.82) is 0 Å². The highest BCUT2D eigenvalue weighted by atomic mass is 32.1. The van der Waals surface area contributed by atoms with E-state index in [4.69, 9.17) is 0 Å². The minimum absolute atomic E-state index is 0.0651. The minimum Gasteiger partial charge on any atom is -0.326 e. The quantitative estimate of drug-likeness (QED) is 0.612. The molecule has 0 aliphatic heterocycles. The SMILES string of the molecule is CCCC(=O)Nc1ccc(-c2cc(-c3nccs3)ccc2CC)cc1. The van der Waals surface area contributed by atoms with E-state index < -0.39 is 0 Å². The van der Waals surface area contributed by atoms with Crippen molar-refractivity contribution in [2.45, 2.75) is 33.1 Å². The summed E-state index contributed by atoms with van der Waals surface area (Å²) in [5.74, 6) is 0.0651. The summed E-state index contributed by atoms with van der Waals surface area (Å²) < 4.78 is 0. The second-order valence-corrected chi connectivity index (χ2v) is 6.83. The third-order valence-corrected chi connectivity index (χ3v) is 4.95. The first-order chi connectivity index (χ1) is 12.2. The largest absolute Gasteiger partial charge is 0.326 e. The fourth-order valence-corrected chi connectivity index (χ4v) is 3.47. The lowest BCUT2D eigenvalue weighted by molar-refractivity contribution is -0.116. The van der Waals surface area contributed by atoms with Crippen LogP contribution in [0.1, 0.15) is 32.3 Å². The molecule has 0 saturated heterocycles. The molecule has 0 spiro atoms. The van der Waals surface area contributed by atoms with E-state index in [-0.39, 0.29) is 5.91 Å². The molecule has 25 heavy (non-hydrogen) atoms. The molecule has 0 radical (unpaired) electrons. The number of aryl methyl sites for hydroxylation is 1. The third-order valence-electron chi connectivity index (χ3n) is 4.13. The van der Waals surface area contributed by atoms with Crippen LogP contribution in [-0.2, 0) is 11.2 Å². The Balaban J connectivity index is 1.90. The van der Waals surface area contributed by atoms with E-state index in [1.54, 1.807) is 11.3 Å². The van der Waals surface area contributed by atoms with Gasteiger partial charge in [0, 0.05) is 29.2 Å². The second kappa shape index (κ2) is 8.08. The lowest BCUT2D eigenvalue weighted by Crippen LogP contribution is -2.10. The topological polar surface area (TPSA) is 42.0 Å². The molecule has 0 aliphatic rings. The van der Waals surface area contributed by atoms with Gasteiger partial charge in [0.25, 0.3) is 0 Å². The second-order valence-electron chi connectivity index (χ2n) is 5.94. The molecule has 0 fully saturated rings. The molecule has 4 heteroatoms. The summed E-state index contributed by atoms with van der Waals surface area (Å²) in [6.07, 6.45) is 4.22. The Labute approximate surface area is 152 Å². The maximum absolute atomic E-state index is 11.7. The van der Waals surface area contributed by atoms with E-state index >= 15 is 0 Å². The molecule has 2 aromatic carbocycles. The molecule has 0 atom stereocenters. The van der Waals surface area contributed by atoms with Crippen molar-refractivity contribution in [3.8, 4) is 21.7 Å². The Kier molecular flexibility index (Phi) is 5.61. The van der Waals surface area contributed by atoms with Crippen LogP contribution in [0.2, 0.25) is 0 Å². The summed E-state index contributed by atoms with van der Waals surface area (Å²) in [6, 6.07) is 14.6. The van der Waals surface area contributed by atoms with Gasteiger partial charge in [-0.2, -0.15) is 0 Å². The molecule has 3 nitrogen and oxygen atoms in total. The van der Waals surface area contributed by atoms with Gasteiger partial charge < -0.3 is 5.32 Å². The maximum atomic E-state index is 11.7. The number of benzene rings is 2.